The number of amides is 1. The molecule has 2 atom stereocenters. The smallest absolute Gasteiger partial charge is 0.266 e. The summed E-state index contributed by atoms with van der Waals surface area (Å²) in [5, 5.41) is 9.92. The van der Waals surface area contributed by atoms with Gasteiger partial charge >= 0.3 is 0 Å². The number of hydrogen-bond donors (Lipinski definition) is 2. The van der Waals surface area contributed by atoms with Gasteiger partial charge in [0.1, 0.15) is 4.90 Å². The standard InChI is InChI=1S/C11H17NO.C7H5NO3S/c1-9(12(2)3)11(13)10-7-5-4-6-8-10;9-7-5-3-1-2-4-6(5)12(10,11)8-7/h4-9,11,13H,1-3H3;1-4H,(H,8,9)/t9-,11-;/m0./s1. The number of aliphatic hydroxyl groups excluding tert-OH is 1. The van der Waals surface area contributed by atoms with Gasteiger partial charge in [-0.05, 0) is 38.7 Å². The van der Waals surface area contributed by atoms with E-state index in [1.807, 2.05) is 61.0 Å². The molecule has 0 spiro atoms. The van der Waals surface area contributed by atoms with Gasteiger partial charge in [-0.1, -0.05) is 42.5 Å². The van der Waals surface area contributed by atoms with Crippen molar-refractivity contribution >= 4 is 15.9 Å². The van der Waals surface area contributed by atoms with Gasteiger partial charge in [-0.2, -0.15) is 0 Å². The first-order chi connectivity index (χ1) is 11.7. The van der Waals surface area contributed by atoms with E-state index in [2.05, 4.69) is 0 Å². The number of benzene rings is 2. The molecule has 2 aromatic rings. The number of carbonyl (C=O) groups excluding carboxylic acids is 1. The summed E-state index contributed by atoms with van der Waals surface area (Å²) in [6.45, 7) is 2.01. The van der Waals surface area contributed by atoms with Crippen molar-refractivity contribution in [3.8, 4) is 0 Å². The molecule has 1 aliphatic rings. The number of nitrogens with zero attached hydrogens (tertiary/aromatic N) is 1. The molecule has 0 fully saturated rings. The van der Waals surface area contributed by atoms with Crippen molar-refractivity contribution in [2.45, 2.75) is 24.0 Å². The topological polar surface area (TPSA) is 86.7 Å². The van der Waals surface area contributed by atoms with E-state index in [0.29, 0.717) is 0 Å². The Morgan fingerprint density at radius 2 is 1.56 bits per heavy atom. The highest BCUT2D eigenvalue weighted by molar-refractivity contribution is 7.90. The summed E-state index contributed by atoms with van der Waals surface area (Å²) < 4.78 is 24.2. The summed E-state index contributed by atoms with van der Waals surface area (Å²) in [6.07, 6.45) is -0.406. The molecule has 3 rings (SSSR count). The first kappa shape index (κ1) is 19.1. The number of fused-ring (bicyclic) bond motifs is 1. The zero-order valence-electron chi connectivity index (χ0n) is 14.4. The summed E-state index contributed by atoms with van der Waals surface area (Å²) >= 11 is 0. The maximum atomic E-state index is 11.1. The van der Waals surface area contributed by atoms with Gasteiger partial charge in [0.25, 0.3) is 15.9 Å². The van der Waals surface area contributed by atoms with Gasteiger partial charge in [-0.3, -0.25) is 4.79 Å². The summed E-state index contributed by atoms with van der Waals surface area (Å²) in [5.74, 6) is -0.550. The van der Waals surface area contributed by atoms with Gasteiger partial charge in [0.05, 0.1) is 11.7 Å². The average Bonchev–Trinajstić information content (AvgIpc) is 2.84. The summed E-state index contributed by atoms with van der Waals surface area (Å²) in [5.41, 5.74) is 1.20. The van der Waals surface area contributed by atoms with Crippen molar-refractivity contribution in [3.63, 3.8) is 0 Å². The Hall–Kier alpha value is -2.22. The second-order valence-electron chi connectivity index (χ2n) is 5.99. The summed E-state index contributed by atoms with van der Waals surface area (Å²) in [7, 11) is 0.384. The molecule has 0 radical (unpaired) electrons. The van der Waals surface area contributed by atoms with Crippen molar-refractivity contribution in [2.75, 3.05) is 14.1 Å². The molecular weight excluding hydrogens is 340 g/mol. The van der Waals surface area contributed by atoms with E-state index in [-0.39, 0.29) is 16.5 Å². The number of likely N-dealkylation sites (N-methyl/N-ethyl adjacent to an activating group) is 1. The monoisotopic (exact) mass is 362 g/mol. The highest BCUT2D eigenvalue weighted by Gasteiger charge is 2.31. The molecule has 6 nitrogen and oxygen atoms in total. The molecule has 7 heteroatoms. The third-order valence-electron chi connectivity index (χ3n) is 4.06. The Morgan fingerprint density at radius 1 is 1.00 bits per heavy atom. The van der Waals surface area contributed by atoms with Crippen LogP contribution in [0.5, 0.6) is 0 Å². The Labute approximate surface area is 148 Å². The van der Waals surface area contributed by atoms with E-state index in [1.54, 1.807) is 12.1 Å². The van der Waals surface area contributed by atoms with E-state index < -0.39 is 22.0 Å². The number of nitrogens with one attached hydrogen (secondary N) is 1. The molecule has 2 aromatic carbocycles. The van der Waals surface area contributed by atoms with Crippen molar-refractivity contribution in [1.82, 2.24) is 9.62 Å². The fraction of sp³-hybridized carbons (Fsp3) is 0.278. The molecule has 1 aliphatic heterocycles. The number of aliphatic hydroxyl groups is 1. The van der Waals surface area contributed by atoms with Crippen molar-refractivity contribution in [1.29, 1.82) is 0 Å². The zero-order chi connectivity index (χ0) is 18.6. The van der Waals surface area contributed by atoms with Crippen LogP contribution in [0.4, 0.5) is 0 Å². The molecule has 25 heavy (non-hydrogen) atoms. The Bertz CT molecular complexity index is 835. The molecule has 2 N–H and O–H groups in total. The predicted molar refractivity (Wildman–Crippen MR) is 95.6 cm³/mol. The van der Waals surface area contributed by atoms with Crippen LogP contribution in [0.15, 0.2) is 59.5 Å². The molecular formula is C18H22N2O4S. The zero-order valence-corrected chi connectivity index (χ0v) is 15.2. The second kappa shape index (κ2) is 7.77. The first-order valence-corrected chi connectivity index (χ1v) is 9.28. The van der Waals surface area contributed by atoms with Gasteiger partial charge in [0, 0.05) is 6.04 Å². The molecule has 0 aliphatic carbocycles. The maximum Gasteiger partial charge on any atom is 0.266 e. The first-order valence-electron chi connectivity index (χ1n) is 7.79. The summed E-state index contributed by atoms with van der Waals surface area (Å²) in [4.78, 5) is 13.1. The van der Waals surface area contributed by atoms with E-state index in [4.69, 9.17) is 0 Å². The Balaban J connectivity index is 0.000000181. The van der Waals surface area contributed by atoms with Crippen LogP contribution < -0.4 is 4.72 Å². The minimum atomic E-state index is -3.55. The highest BCUT2D eigenvalue weighted by atomic mass is 32.2. The largest absolute Gasteiger partial charge is 0.387 e. The highest BCUT2D eigenvalue weighted by Crippen LogP contribution is 2.21. The minimum absolute atomic E-state index is 0.0648. The average molecular weight is 362 g/mol. The van der Waals surface area contributed by atoms with Crippen LogP contribution in [0.25, 0.3) is 0 Å². The van der Waals surface area contributed by atoms with Crippen LogP contribution in [0.2, 0.25) is 0 Å². The van der Waals surface area contributed by atoms with Gasteiger partial charge < -0.3 is 10.0 Å². The fourth-order valence-electron chi connectivity index (χ4n) is 2.33. The lowest BCUT2D eigenvalue weighted by Crippen LogP contribution is -2.30. The number of rotatable bonds is 3. The lowest BCUT2D eigenvalue weighted by atomic mass is 10.0. The predicted octanol–water partition coefficient (Wildman–Crippen LogP) is 1.79. The van der Waals surface area contributed by atoms with Crippen molar-refractivity contribution in [3.05, 3.63) is 65.7 Å². The molecule has 0 bridgehead atoms. The van der Waals surface area contributed by atoms with Crippen molar-refractivity contribution < 1.29 is 18.3 Å². The van der Waals surface area contributed by atoms with Crippen molar-refractivity contribution in [2.24, 2.45) is 0 Å². The molecule has 1 heterocycles. The summed E-state index contributed by atoms with van der Waals surface area (Å²) in [6, 6.07) is 16.0. The van der Waals surface area contributed by atoms with Crippen LogP contribution >= 0.6 is 0 Å². The van der Waals surface area contributed by atoms with Gasteiger partial charge in [-0.15, -0.1) is 0 Å². The quantitative estimate of drug-likeness (QED) is 0.869. The molecule has 1 amide bonds. The van der Waals surface area contributed by atoms with E-state index in [1.165, 1.54) is 12.1 Å². The Kier molecular flexibility index (Phi) is 5.94. The van der Waals surface area contributed by atoms with E-state index >= 15 is 0 Å². The van der Waals surface area contributed by atoms with Crippen LogP contribution in [-0.2, 0) is 10.0 Å². The number of carbonyl (C=O) groups is 1. The van der Waals surface area contributed by atoms with E-state index in [9.17, 15) is 18.3 Å². The Morgan fingerprint density at radius 3 is 2.12 bits per heavy atom. The van der Waals surface area contributed by atoms with Gasteiger partial charge in [0.2, 0.25) is 0 Å². The third-order valence-corrected chi connectivity index (χ3v) is 5.45. The molecule has 0 aromatic heterocycles. The molecule has 134 valence electrons. The van der Waals surface area contributed by atoms with Crippen LogP contribution in [0, 0.1) is 0 Å². The SMILES string of the molecule is C[C@@H]([C@H](O)c1ccccc1)N(C)C.O=C1NS(=O)(=O)c2ccccc21. The lowest BCUT2D eigenvalue weighted by Gasteiger charge is -2.25. The van der Waals surface area contributed by atoms with Crippen LogP contribution in [0.1, 0.15) is 28.9 Å². The molecule has 0 saturated carbocycles. The fourth-order valence-corrected chi connectivity index (χ4v) is 3.50. The third kappa shape index (κ3) is 4.45. The minimum Gasteiger partial charge on any atom is -0.387 e. The van der Waals surface area contributed by atoms with Crippen LogP contribution in [-0.4, -0.2) is 44.5 Å². The van der Waals surface area contributed by atoms with Crippen LogP contribution in [0.3, 0.4) is 0 Å². The lowest BCUT2D eigenvalue weighted by molar-refractivity contribution is 0.0858. The molecule has 0 saturated heterocycles. The maximum absolute atomic E-state index is 11.1. The molecule has 0 unspecified atom stereocenters. The number of hydrogen-bond acceptors (Lipinski definition) is 5. The normalized spacial score (nSPS) is 17.1. The van der Waals surface area contributed by atoms with E-state index in [0.717, 1.165) is 5.56 Å². The van der Waals surface area contributed by atoms with Gasteiger partial charge in [0.15, 0.2) is 0 Å². The number of sulfonamides is 1. The van der Waals surface area contributed by atoms with Gasteiger partial charge in [-0.25, -0.2) is 13.1 Å². The second-order valence-corrected chi connectivity index (χ2v) is 7.64.